The topological polar surface area (TPSA) is 76.7 Å². The molecule has 6 nitrogen and oxygen atoms in total. The lowest BCUT2D eigenvalue weighted by Crippen LogP contribution is -2.48. The van der Waals surface area contributed by atoms with Crippen LogP contribution in [0.4, 0.5) is 0 Å². The third-order valence-corrected chi connectivity index (χ3v) is 4.04. The van der Waals surface area contributed by atoms with Crippen molar-refractivity contribution in [1.29, 1.82) is 0 Å². The Morgan fingerprint density at radius 3 is 2.74 bits per heavy atom. The lowest BCUT2D eigenvalue weighted by molar-refractivity contribution is -0.218. The van der Waals surface area contributed by atoms with Crippen LogP contribution in [0.3, 0.4) is 0 Å². The summed E-state index contributed by atoms with van der Waals surface area (Å²) in [6.45, 7) is 1.89. The predicted molar refractivity (Wildman–Crippen MR) is 85.6 cm³/mol. The van der Waals surface area contributed by atoms with Crippen LogP contribution in [0.15, 0.2) is 24.3 Å². The maximum Gasteiger partial charge on any atom is 0.282 e. The highest BCUT2D eigenvalue weighted by molar-refractivity contribution is 6.30. The first-order valence-corrected chi connectivity index (χ1v) is 7.84. The SMILES string of the molecule is COC1(C(=O)NCc2ccc(Cl)cc2)C[C@H](CCC(C)=O)NO1. The van der Waals surface area contributed by atoms with Crippen molar-refractivity contribution in [2.45, 2.75) is 44.6 Å². The van der Waals surface area contributed by atoms with Crippen molar-refractivity contribution in [3.63, 3.8) is 0 Å². The van der Waals surface area contributed by atoms with Gasteiger partial charge in [0.2, 0.25) is 0 Å². The first kappa shape index (κ1) is 17.9. The summed E-state index contributed by atoms with van der Waals surface area (Å²) in [4.78, 5) is 28.9. The highest BCUT2D eigenvalue weighted by atomic mass is 35.5. The normalized spacial score (nSPS) is 23.7. The van der Waals surface area contributed by atoms with Crippen LogP contribution in [0.5, 0.6) is 0 Å². The molecule has 1 aliphatic rings. The van der Waals surface area contributed by atoms with E-state index in [0.29, 0.717) is 30.8 Å². The lowest BCUT2D eigenvalue weighted by atomic mass is 10.0. The number of carbonyl (C=O) groups is 2. The predicted octanol–water partition coefficient (Wildman–Crippen LogP) is 1.96. The molecule has 126 valence electrons. The molecule has 1 aromatic rings. The number of amides is 1. The van der Waals surface area contributed by atoms with Crippen LogP contribution < -0.4 is 10.8 Å². The van der Waals surface area contributed by atoms with Gasteiger partial charge in [-0.1, -0.05) is 23.7 Å². The number of Topliss-reactive ketones (excluding diaryl/α,β-unsaturated/α-hetero) is 1. The molecule has 1 saturated heterocycles. The van der Waals surface area contributed by atoms with E-state index in [9.17, 15) is 9.59 Å². The first-order valence-electron chi connectivity index (χ1n) is 7.46. The van der Waals surface area contributed by atoms with Crippen LogP contribution in [0, 0.1) is 0 Å². The van der Waals surface area contributed by atoms with Crippen LogP contribution in [0.25, 0.3) is 0 Å². The Morgan fingerprint density at radius 1 is 1.43 bits per heavy atom. The van der Waals surface area contributed by atoms with E-state index in [0.717, 1.165) is 5.56 Å². The van der Waals surface area contributed by atoms with Gasteiger partial charge in [0.15, 0.2) is 0 Å². The summed E-state index contributed by atoms with van der Waals surface area (Å²) in [6, 6.07) is 7.11. The number of benzene rings is 1. The van der Waals surface area contributed by atoms with E-state index in [2.05, 4.69) is 10.8 Å². The molecule has 1 aliphatic heterocycles. The van der Waals surface area contributed by atoms with Crippen molar-refractivity contribution in [2.75, 3.05) is 7.11 Å². The third-order valence-electron chi connectivity index (χ3n) is 3.79. The maximum atomic E-state index is 12.4. The van der Waals surface area contributed by atoms with Crippen LogP contribution in [0.2, 0.25) is 5.02 Å². The Morgan fingerprint density at radius 2 is 2.13 bits per heavy atom. The molecule has 0 aromatic heterocycles. The molecular weight excluding hydrogens is 320 g/mol. The molecule has 1 fully saturated rings. The van der Waals surface area contributed by atoms with E-state index in [1.807, 2.05) is 12.1 Å². The highest BCUT2D eigenvalue weighted by Crippen LogP contribution is 2.27. The fourth-order valence-electron chi connectivity index (χ4n) is 2.40. The van der Waals surface area contributed by atoms with Crippen molar-refractivity contribution >= 4 is 23.3 Å². The number of nitrogens with one attached hydrogen (secondary N) is 2. The summed E-state index contributed by atoms with van der Waals surface area (Å²) >= 11 is 5.83. The Bertz CT molecular complexity index is 564. The van der Waals surface area contributed by atoms with Gasteiger partial charge in [-0.3, -0.25) is 9.63 Å². The van der Waals surface area contributed by atoms with E-state index in [1.54, 1.807) is 12.1 Å². The number of carbonyl (C=O) groups excluding carboxylic acids is 2. The maximum absolute atomic E-state index is 12.4. The number of ether oxygens (including phenoxy) is 1. The van der Waals surface area contributed by atoms with Crippen molar-refractivity contribution < 1.29 is 19.2 Å². The van der Waals surface area contributed by atoms with Gasteiger partial charge in [-0.2, -0.15) is 5.48 Å². The molecule has 23 heavy (non-hydrogen) atoms. The molecule has 0 aliphatic carbocycles. The number of hydrogen-bond acceptors (Lipinski definition) is 5. The van der Waals surface area contributed by atoms with E-state index in [4.69, 9.17) is 21.2 Å². The highest BCUT2D eigenvalue weighted by Gasteiger charge is 2.47. The molecule has 0 spiro atoms. The molecule has 1 aromatic carbocycles. The standard InChI is InChI=1S/C16H21ClN2O4/c1-11(20)3-8-14-9-16(22-2,23-19-14)15(21)18-10-12-4-6-13(17)7-5-12/h4-7,14,19H,3,8-10H2,1-2H3,(H,18,21)/t14-,16?/m0/s1. The van der Waals surface area contributed by atoms with E-state index in [1.165, 1.54) is 14.0 Å². The second kappa shape index (κ2) is 7.88. The average Bonchev–Trinajstić information content (AvgIpc) is 2.97. The Labute approximate surface area is 140 Å². The summed E-state index contributed by atoms with van der Waals surface area (Å²) in [6.07, 6.45) is 1.39. The third kappa shape index (κ3) is 4.75. The minimum atomic E-state index is -1.37. The van der Waals surface area contributed by atoms with Gasteiger partial charge in [0.25, 0.3) is 11.7 Å². The first-order chi connectivity index (χ1) is 10.9. The van der Waals surface area contributed by atoms with E-state index >= 15 is 0 Å². The lowest BCUT2D eigenvalue weighted by Gasteiger charge is -2.24. The van der Waals surface area contributed by atoms with Gasteiger partial charge in [0.1, 0.15) is 5.78 Å². The summed E-state index contributed by atoms with van der Waals surface area (Å²) in [5, 5.41) is 3.44. The number of hydrogen-bond donors (Lipinski definition) is 2. The molecular formula is C16H21ClN2O4. The zero-order valence-electron chi connectivity index (χ0n) is 13.2. The molecule has 2 atom stereocenters. The molecule has 0 bridgehead atoms. The van der Waals surface area contributed by atoms with Crippen molar-refractivity contribution in [3.05, 3.63) is 34.9 Å². The van der Waals surface area contributed by atoms with Gasteiger partial charge in [-0.05, 0) is 31.0 Å². The number of ketones is 1. The van der Waals surface area contributed by atoms with E-state index < -0.39 is 5.79 Å². The minimum Gasteiger partial charge on any atom is -0.347 e. The van der Waals surface area contributed by atoms with Crippen LogP contribution in [-0.4, -0.2) is 30.6 Å². The zero-order chi connectivity index (χ0) is 16.9. The molecule has 2 N–H and O–H groups in total. The van der Waals surface area contributed by atoms with Gasteiger partial charge in [-0.25, -0.2) is 0 Å². The summed E-state index contributed by atoms with van der Waals surface area (Å²) < 4.78 is 5.30. The number of halogens is 1. The van der Waals surface area contributed by atoms with Crippen molar-refractivity contribution in [1.82, 2.24) is 10.8 Å². The Kier molecular flexibility index (Phi) is 6.12. The summed E-state index contributed by atoms with van der Waals surface area (Å²) in [5.74, 6) is -1.62. The molecule has 0 saturated carbocycles. The van der Waals surface area contributed by atoms with Crippen LogP contribution in [-0.2, 0) is 25.7 Å². The molecule has 7 heteroatoms. The zero-order valence-corrected chi connectivity index (χ0v) is 14.0. The second-order valence-corrected chi connectivity index (χ2v) is 6.06. The van der Waals surface area contributed by atoms with Gasteiger partial charge in [0, 0.05) is 37.6 Å². The molecule has 1 amide bonds. The van der Waals surface area contributed by atoms with E-state index in [-0.39, 0.29) is 17.7 Å². The van der Waals surface area contributed by atoms with Gasteiger partial charge >= 0.3 is 0 Å². The largest absolute Gasteiger partial charge is 0.347 e. The van der Waals surface area contributed by atoms with Crippen molar-refractivity contribution in [2.24, 2.45) is 0 Å². The number of methoxy groups -OCH3 is 1. The molecule has 1 heterocycles. The fraction of sp³-hybridized carbons (Fsp3) is 0.500. The van der Waals surface area contributed by atoms with Gasteiger partial charge in [-0.15, -0.1) is 0 Å². The average molecular weight is 341 g/mol. The molecule has 1 unspecified atom stereocenters. The van der Waals surface area contributed by atoms with Gasteiger partial charge in [0.05, 0.1) is 0 Å². The number of rotatable bonds is 7. The monoisotopic (exact) mass is 340 g/mol. The van der Waals surface area contributed by atoms with Gasteiger partial charge < -0.3 is 14.8 Å². The summed E-state index contributed by atoms with van der Waals surface area (Å²) in [7, 11) is 1.43. The Balaban J connectivity index is 1.90. The Hall–Kier alpha value is -1.47. The summed E-state index contributed by atoms with van der Waals surface area (Å²) in [5.41, 5.74) is 3.71. The van der Waals surface area contributed by atoms with Crippen molar-refractivity contribution in [3.8, 4) is 0 Å². The smallest absolute Gasteiger partial charge is 0.282 e. The minimum absolute atomic E-state index is 0.0971. The molecule has 2 rings (SSSR count). The fourth-order valence-corrected chi connectivity index (χ4v) is 2.53. The second-order valence-electron chi connectivity index (χ2n) is 5.63. The van der Waals surface area contributed by atoms with Crippen LogP contribution >= 0.6 is 11.6 Å². The quantitative estimate of drug-likeness (QED) is 0.793. The molecule has 0 radical (unpaired) electrons. The number of hydroxylamine groups is 1. The van der Waals surface area contributed by atoms with Crippen LogP contribution in [0.1, 0.15) is 31.7 Å².